The Kier molecular flexibility index (Phi) is 3.64. The highest BCUT2D eigenvalue weighted by atomic mass is 79.9. The van der Waals surface area contributed by atoms with Crippen LogP contribution in [0.1, 0.15) is 36.8 Å². The van der Waals surface area contributed by atoms with E-state index in [2.05, 4.69) is 31.2 Å². The fraction of sp³-hybridized carbons (Fsp3) is 0.385. The number of pyridine rings is 1. The van der Waals surface area contributed by atoms with E-state index in [1.54, 1.807) is 6.92 Å². The first-order chi connectivity index (χ1) is 9.25. The summed E-state index contributed by atoms with van der Waals surface area (Å²) in [6.07, 6.45) is 1.47. The Balaban J connectivity index is 2.54. The van der Waals surface area contributed by atoms with Gasteiger partial charge in [-0.2, -0.15) is 0 Å². The van der Waals surface area contributed by atoms with Gasteiger partial charge in [-0.1, -0.05) is 13.8 Å². The highest BCUT2D eigenvalue weighted by molar-refractivity contribution is 9.10. The minimum atomic E-state index is -1.12. The lowest BCUT2D eigenvalue weighted by atomic mass is 9.89. The van der Waals surface area contributed by atoms with E-state index in [0.717, 1.165) is 0 Å². The van der Waals surface area contributed by atoms with Crippen molar-refractivity contribution in [2.45, 2.75) is 26.3 Å². The molecule has 0 radical (unpaired) electrons. The first-order valence-corrected chi connectivity index (χ1v) is 6.85. The van der Waals surface area contributed by atoms with Crippen LogP contribution in [-0.4, -0.2) is 33.3 Å². The number of aliphatic imine (C=N–C) groups is 1. The van der Waals surface area contributed by atoms with E-state index < -0.39 is 11.5 Å². The van der Waals surface area contributed by atoms with E-state index in [1.165, 1.54) is 12.3 Å². The maximum Gasteiger partial charge on any atom is 0.338 e. The van der Waals surface area contributed by atoms with Gasteiger partial charge in [-0.15, -0.1) is 0 Å². The Morgan fingerprint density at radius 3 is 2.65 bits per heavy atom. The molecule has 0 aliphatic carbocycles. The monoisotopic (exact) mass is 339 g/mol. The average molecular weight is 340 g/mol. The lowest BCUT2D eigenvalue weighted by Crippen LogP contribution is -2.41. The standard InChI is InChI=1S/C13H14BrN3O3/c1-6(2)13(3)12(20)16-10(17-13)9-8(11(18)19)4-7(14)5-15-9/h4-6H,1-3H3,(H,18,19)(H,16,17,20). The molecule has 1 aromatic heterocycles. The molecule has 0 bridgehead atoms. The lowest BCUT2D eigenvalue weighted by molar-refractivity contribution is -0.124. The summed E-state index contributed by atoms with van der Waals surface area (Å²) < 4.78 is 0.551. The molecule has 0 aromatic carbocycles. The van der Waals surface area contributed by atoms with Gasteiger partial charge in [0.25, 0.3) is 5.91 Å². The number of hydrogen-bond acceptors (Lipinski definition) is 4. The Labute approximate surface area is 124 Å². The van der Waals surface area contributed by atoms with Gasteiger partial charge < -0.3 is 10.4 Å². The van der Waals surface area contributed by atoms with Crippen molar-refractivity contribution in [2.24, 2.45) is 10.9 Å². The van der Waals surface area contributed by atoms with Crippen LogP contribution in [0.5, 0.6) is 0 Å². The second kappa shape index (κ2) is 4.97. The van der Waals surface area contributed by atoms with Crippen LogP contribution in [0.4, 0.5) is 0 Å². The van der Waals surface area contributed by atoms with Gasteiger partial charge >= 0.3 is 5.97 Å². The normalized spacial score (nSPS) is 21.9. The molecule has 2 heterocycles. The number of amides is 1. The second-order valence-electron chi connectivity index (χ2n) is 5.07. The second-order valence-corrected chi connectivity index (χ2v) is 5.99. The van der Waals surface area contributed by atoms with Crippen molar-refractivity contribution in [3.8, 4) is 0 Å². The zero-order valence-corrected chi connectivity index (χ0v) is 12.9. The minimum absolute atomic E-state index is 0.00793. The number of carboxylic acid groups (broad SMARTS) is 1. The van der Waals surface area contributed by atoms with Crippen LogP contribution < -0.4 is 5.32 Å². The largest absolute Gasteiger partial charge is 0.478 e. The van der Waals surface area contributed by atoms with E-state index in [-0.39, 0.29) is 28.9 Å². The molecule has 1 aliphatic heterocycles. The third-order valence-electron chi connectivity index (χ3n) is 3.47. The zero-order valence-electron chi connectivity index (χ0n) is 11.3. The number of nitrogens with zero attached hydrogens (tertiary/aromatic N) is 2. The quantitative estimate of drug-likeness (QED) is 0.878. The van der Waals surface area contributed by atoms with Crippen LogP contribution in [0.3, 0.4) is 0 Å². The van der Waals surface area contributed by atoms with Crippen LogP contribution >= 0.6 is 15.9 Å². The first kappa shape index (κ1) is 14.6. The predicted molar refractivity (Wildman–Crippen MR) is 76.8 cm³/mol. The zero-order chi connectivity index (χ0) is 15.1. The maximum atomic E-state index is 12.1. The maximum absolute atomic E-state index is 12.1. The number of hydrogen-bond donors (Lipinski definition) is 2. The molecule has 2 N–H and O–H groups in total. The van der Waals surface area contributed by atoms with Gasteiger partial charge in [-0.05, 0) is 34.8 Å². The molecule has 1 unspecified atom stereocenters. The molecule has 2 rings (SSSR count). The van der Waals surface area contributed by atoms with Crippen molar-refractivity contribution in [3.05, 3.63) is 28.0 Å². The van der Waals surface area contributed by atoms with Crippen LogP contribution in [0, 0.1) is 5.92 Å². The number of carboxylic acids is 1. The van der Waals surface area contributed by atoms with Gasteiger partial charge in [-0.25, -0.2) is 9.79 Å². The van der Waals surface area contributed by atoms with Crippen LogP contribution in [-0.2, 0) is 4.79 Å². The van der Waals surface area contributed by atoms with Crippen LogP contribution in [0.2, 0.25) is 0 Å². The molecule has 1 amide bonds. The number of aromatic carboxylic acids is 1. The summed E-state index contributed by atoms with van der Waals surface area (Å²) in [6, 6.07) is 1.43. The molecule has 1 atom stereocenters. The molecular formula is C13H14BrN3O3. The van der Waals surface area contributed by atoms with E-state index in [0.29, 0.717) is 4.47 Å². The van der Waals surface area contributed by atoms with Crippen LogP contribution in [0.25, 0.3) is 0 Å². The van der Waals surface area contributed by atoms with Gasteiger partial charge in [0, 0.05) is 10.7 Å². The Morgan fingerprint density at radius 1 is 1.50 bits per heavy atom. The fourth-order valence-electron chi connectivity index (χ4n) is 1.84. The van der Waals surface area contributed by atoms with Crippen molar-refractivity contribution < 1.29 is 14.7 Å². The van der Waals surface area contributed by atoms with E-state index >= 15 is 0 Å². The minimum Gasteiger partial charge on any atom is -0.478 e. The number of nitrogens with one attached hydrogen (secondary N) is 1. The molecule has 0 saturated heterocycles. The Bertz CT molecular complexity index is 627. The van der Waals surface area contributed by atoms with Gasteiger partial charge in [0.1, 0.15) is 11.2 Å². The van der Waals surface area contributed by atoms with Gasteiger partial charge in [0.2, 0.25) is 0 Å². The predicted octanol–water partition coefficient (Wildman–Crippen LogP) is 1.83. The third kappa shape index (κ3) is 2.33. The van der Waals surface area contributed by atoms with Crippen LogP contribution in [0.15, 0.2) is 21.7 Å². The number of carbonyl (C=O) groups is 2. The Morgan fingerprint density at radius 2 is 2.15 bits per heavy atom. The first-order valence-electron chi connectivity index (χ1n) is 6.06. The van der Waals surface area contributed by atoms with E-state index in [1.807, 2.05) is 13.8 Å². The molecular weight excluding hydrogens is 326 g/mol. The highest BCUT2D eigenvalue weighted by Gasteiger charge is 2.43. The number of rotatable bonds is 3. The van der Waals surface area contributed by atoms with Crippen molar-refractivity contribution >= 4 is 33.6 Å². The molecule has 106 valence electrons. The molecule has 1 aliphatic rings. The summed E-state index contributed by atoms with van der Waals surface area (Å²) in [6.45, 7) is 5.50. The summed E-state index contributed by atoms with van der Waals surface area (Å²) in [7, 11) is 0. The van der Waals surface area contributed by atoms with Gasteiger partial charge in [0.05, 0.1) is 5.56 Å². The van der Waals surface area contributed by atoms with Crippen molar-refractivity contribution in [2.75, 3.05) is 0 Å². The SMILES string of the molecule is CC(C)C1(C)N=C(c2ncc(Br)cc2C(=O)O)NC1=O. The highest BCUT2D eigenvalue weighted by Crippen LogP contribution is 2.27. The third-order valence-corrected chi connectivity index (χ3v) is 3.90. The molecule has 7 heteroatoms. The summed E-state index contributed by atoms with van der Waals surface area (Å²) >= 11 is 3.18. The summed E-state index contributed by atoms with van der Waals surface area (Å²) in [4.78, 5) is 31.8. The van der Waals surface area contributed by atoms with Crippen molar-refractivity contribution in [3.63, 3.8) is 0 Å². The molecule has 6 nitrogen and oxygen atoms in total. The molecule has 0 fully saturated rings. The number of halogens is 1. The summed E-state index contributed by atoms with van der Waals surface area (Å²) in [5.74, 6) is -1.17. The summed E-state index contributed by atoms with van der Waals surface area (Å²) in [5, 5.41) is 11.9. The Hall–Kier alpha value is -1.76. The average Bonchev–Trinajstić information content (AvgIpc) is 2.66. The lowest BCUT2D eigenvalue weighted by Gasteiger charge is -2.21. The smallest absolute Gasteiger partial charge is 0.338 e. The van der Waals surface area contributed by atoms with E-state index in [9.17, 15) is 14.7 Å². The van der Waals surface area contributed by atoms with Crippen molar-refractivity contribution in [1.82, 2.24) is 10.3 Å². The fourth-order valence-corrected chi connectivity index (χ4v) is 2.17. The van der Waals surface area contributed by atoms with Crippen molar-refractivity contribution in [1.29, 1.82) is 0 Å². The number of amidine groups is 1. The van der Waals surface area contributed by atoms with E-state index in [4.69, 9.17) is 0 Å². The number of aromatic nitrogens is 1. The van der Waals surface area contributed by atoms with Gasteiger partial charge in [-0.3, -0.25) is 9.78 Å². The topological polar surface area (TPSA) is 91.7 Å². The summed E-state index contributed by atoms with van der Waals surface area (Å²) in [5.41, 5.74) is -0.746. The van der Waals surface area contributed by atoms with Gasteiger partial charge in [0.15, 0.2) is 5.84 Å². The molecule has 20 heavy (non-hydrogen) atoms. The number of carbonyl (C=O) groups excluding carboxylic acids is 1. The molecule has 0 saturated carbocycles. The molecule has 1 aromatic rings. The molecule has 0 spiro atoms.